The fourth-order valence-corrected chi connectivity index (χ4v) is 9.37. The molecule has 2 heterocycles. The molecule has 3 nitrogen and oxygen atoms in total. The van der Waals surface area contributed by atoms with Gasteiger partial charge in [-0.05, 0) is 29.6 Å². The highest BCUT2D eigenvalue weighted by atomic mass is 28.4. The van der Waals surface area contributed by atoms with Crippen molar-refractivity contribution in [2.24, 2.45) is 5.92 Å². The average molecular weight is 284 g/mol. The van der Waals surface area contributed by atoms with E-state index in [1.807, 2.05) is 0 Å². The van der Waals surface area contributed by atoms with Crippen LogP contribution in [0.4, 0.5) is 0 Å². The van der Waals surface area contributed by atoms with E-state index in [-0.39, 0.29) is 12.0 Å². The van der Waals surface area contributed by atoms with Crippen LogP contribution in [0.25, 0.3) is 0 Å². The summed E-state index contributed by atoms with van der Waals surface area (Å²) in [6.45, 7) is 15.8. The molecule has 19 heavy (non-hydrogen) atoms. The van der Waals surface area contributed by atoms with E-state index in [0.717, 1.165) is 0 Å². The monoisotopic (exact) mass is 284 g/mol. The lowest BCUT2D eigenvalue weighted by Gasteiger charge is -2.54. The zero-order valence-electron chi connectivity index (χ0n) is 13.3. The molecule has 0 bridgehead atoms. The number of hydrogen-bond acceptors (Lipinski definition) is 3. The second kappa shape index (κ2) is 4.90. The molecule has 2 aliphatic heterocycles. The second-order valence-corrected chi connectivity index (χ2v) is 12.2. The van der Waals surface area contributed by atoms with Crippen LogP contribution in [-0.2, 0) is 13.9 Å². The zero-order valence-corrected chi connectivity index (χ0v) is 14.3. The van der Waals surface area contributed by atoms with Crippen LogP contribution < -0.4 is 0 Å². The van der Waals surface area contributed by atoms with E-state index >= 15 is 0 Å². The Kier molecular flexibility index (Phi) is 3.89. The van der Waals surface area contributed by atoms with E-state index in [1.54, 1.807) is 6.26 Å². The Morgan fingerprint density at radius 3 is 2.00 bits per heavy atom. The van der Waals surface area contributed by atoms with Crippen LogP contribution in [0.1, 0.15) is 48.5 Å². The fraction of sp³-hybridized carbons (Fsp3) is 0.867. The van der Waals surface area contributed by atoms with Crippen LogP contribution >= 0.6 is 0 Å². The van der Waals surface area contributed by atoms with Crippen molar-refractivity contribution in [1.29, 1.82) is 0 Å². The lowest BCUT2D eigenvalue weighted by Crippen LogP contribution is -2.65. The Hall–Kier alpha value is -0.323. The van der Waals surface area contributed by atoms with Crippen LogP contribution in [-0.4, -0.2) is 20.4 Å². The maximum Gasteiger partial charge on any atom is 0.326 e. The van der Waals surface area contributed by atoms with Crippen molar-refractivity contribution in [2.75, 3.05) is 0 Å². The van der Waals surface area contributed by atoms with Crippen LogP contribution in [0, 0.1) is 5.92 Å². The highest BCUT2D eigenvalue weighted by Crippen LogP contribution is 2.53. The first-order chi connectivity index (χ1) is 8.76. The van der Waals surface area contributed by atoms with Crippen molar-refractivity contribution >= 4 is 8.32 Å². The molecule has 0 spiro atoms. The Morgan fingerprint density at radius 2 is 1.58 bits per heavy atom. The Labute approximate surface area is 118 Å². The van der Waals surface area contributed by atoms with Crippen LogP contribution in [0.15, 0.2) is 12.3 Å². The maximum absolute atomic E-state index is 6.67. The third-order valence-corrected chi connectivity index (χ3v) is 10.9. The van der Waals surface area contributed by atoms with Gasteiger partial charge in [-0.25, -0.2) is 0 Å². The van der Waals surface area contributed by atoms with E-state index < -0.39 is 14.3 Å². The number of fused-ring (bicyclic) bond motifs is 1. The van der Waals surface area contributed by atoms with Crippen molar-refractivity contribution in [3.05, 3.63) is 12.3 Å². The third kappa shape index (κ3) is 2.08. The smallest absolute Gasteiger partial charge is 0.326 e. The van der Waals surface area contributed by atoms with Gasteiger partial charge < -0.3 is 13.9 Å². The summed E-state index contributed by atoms with van der Waals surface area (Å²) in [5.74, 6) is -0.569. The largest absolute Gasteiger partial charge is 0.447 e. The number of rotatable bonds is 5. The second-order valence-electron chi connectivity index (χ2n) is 6.82. The van der Waals surface area contributed by atoms with Gasteiger partial charge in [0.05, 0.1) is 18.3 Å². The Bertz CT molecular complexity index is 343. The molecule has 0 N–H and O–H groups in total. The lowest BCUT2D eigenvalue weighted by atomic mass is 9.96. The SMILES string of the molecule is CC(C)[Si](O[C@]12OC=C[C@H]1[C@H](C)O2)(C(C)C)C(C)C. The van der Waals surface area contributed by atoms with Crippen LogP contribution in [0.5, 0.6) is 0 Å². The first-order valence-electron chi connectivity index (χ1n) is 7.48. The number of hydrogen-bond donors (Lipinski definition) is 0. The Balaban J connectivity index is 2.27. The molecule has 2 aliphatic rings. The molecule has 0 aromatic carbocycles. The van der Waals surface area contributed by atoms with Gasteiger partial charge in [-0.2, -0.15) is 0 Å². The summed E-state index contributed by atoms with van der Waals surface area (Å²) < 4.78 is 18.3. The van der Waals surface area contributed by atoms with Gasteiger partial charge in [-0.3, -0.25) is 0 Å². The van der Waals surface area contributed by atoms with Gasteiger partial charge in [-0.1, -0.05) is 41.5 Å². The zero-order chi connectivity index (χ0) is 14.4. The summed E-state index contributed by atoms with van der Waals surface area (Å²) >= 11 is 0. The predicted octanol–water partition coefficient (Wildman–Crippen LogP) is 4.41. The average Bonchev–Trinajstić information content (AvgIpc) is 2.61. The number of ether oxygens (including phenoxy) is 2. The van der Waals surface area contributed by atoms with Gasteiger partial charge in [0.1, 0.15) is 0 Å². The molecule has 1 saturated heterocycles. The van der Waals surface area contributed by atoms with E-state index in [9.17, 15) is 0 Å². The van der Waals surface area contributed by atoms with Crippen molar-refractivity contribution in [3.63, 3.8) is 0 Å². The highest BCUT2D eigenvalue weighted by Gasteiger charge is 2.63. The van der Waals surface area contributed by atoms with Crippen LogP contribution in [0.2, 0.25) is 16.6 Å². The summed E-state index contributed by atoms with van der Waals surface area (Å²) in [5.41, 5.74) is 1.60. The standard InChI is InChI=1S/C15H28O3Si/c1-10(2)19(11(3)4,12(5)6)18-15-14(8-9-16-15)13(7)17-15/h8-14H,1-7H3/t13-,14-,15-/m0/s1. The maximum atomic E-state index is 6.67. The topological polar surface area (TPSA) is 27.7 Å². The van der Waals surface area contributed by atoms with E-state index in [4.69, 9.17) is 13.9 Å². The molecule has 0 radical (unpaired) electrons. The summed E-state index contributed by atoms with van der Waals surface area (Å²) in [7, 11) is -1.98. The predicted molar refractivity (Wildman–Crippen MR) is 79.1 cm³/mol. The van der Waals surface area contributed by atoms with Crippen molar-refractivity contribution < 1.29 is 13.9 Å². The van der Waals surface area contributed by atoms with Crippen molar-refractivity contribution in [2.45, 2.75) is 77.2 Å². The minimum atomic E-state index is -1.98. The van der Waals surface area contributed by atoms with Crippen LogP contribution in [0.3, 0.4) is 0 Å². The van der Waals surface area contributed by atoms with Gasteiger partial charge >= 0.3 is 5.97 Å². The molecular formula is C15H28O3Si. The molecule has 2 rings (SSSR count). The molecule has 110 valence electrons. The molecule has 0 aliphatic carbocycles. The van der Waals surface area contributed by atoms with Crippen molar-refractivity contribution in [3.8, 4) is 0 Å². The van der Waals surface area contributed by atoms with Gasteiger partial charge in [0.2, 0.25) is 8.32 Å². The highest BCUT2D eigenvalue weighted by molar-refractivity contribution is 6.77. The quantitative estimate of drug-likeness (QED) is 0.700. The normalized spacial score (nSPS) is 33.8. The fourth-order valence-electron chi connectivity index (χ4n) is 3.94. The Morgan fingerprint density at radius 1 is 1.05 bits per heavy atom. The van der Waals surface area contributed by atoms with E-state index in [0.29, 0.717) is 16.6 Å². The van der Waals surface area contributed by atoms with E-state index in [2.05, 4.69) is 54.5 Å². The van der Waals surface area contributed by atoms with Gasteiger partial charge in [0.15, 0.2) is 0 Å². The van der Waals surface area contributed by atoms with Gasteiger partial charge in [0, 0.05) is 0 Å². The molecule has 0 aromatic rings. The molecule has 0 saturated carbocycles. The molecule has 0 unspecified atom stereocenters. The summed E-state index contributed by atoms with van der Waals surface area (Å²) in [4.78, 5) is 0. The molecule has 3 atom stereocenters. The minimum Gasteiger partial charge on any atom is -0.447 e. The van der Waals surface area contributed by atoms with Crippen molar-refractivity contribution in [1.82, 2.24) is 0 Å². The summed E-state index contributed by atoms with van der Waals surface area (Å²) in [6, 6.07) is 0. The van der Waals surface area contributed by atoms with Gasteiger partial charge in [0.25, 0.3) is 0 Å². The molecule has 1 fully saturated rings. The summed E-state index contributed by atoms with van der Waals surface area (Å²) in [5, 5.41) is 0. The molecule has 0 amide bonds. The molecular weight excluding hydrogens is 256 g/mol. The van der Waals surface area contributed by atoms with E-state index in [1.165, 1.54) is 0 Å². The summed E-state index contributed by atoms with van der Waals surface area (Å²) in [6.07, 6.45) is 4.01. The first kappa shape index (κ1) is 15.1. The molecule has 0 aromatic heterocycles. The third-order valence-electron chi connectivity index (χ3n) is 4.81. The van der Waals surface area contributed by atoms with Gasteiger partial charge in [-0.15, -0.1) is 0 Å². The molecule has 4 heteroatoms. The lowest BCUT2D eigenvalue weighted by molar-refractivity contribution is -0.432. The first-order valence-corrected chi connectivity index (χ1v) is 9.62. The minimum absolute atomic E-state index is 0.192.